The molecule has 1 fully saturated rings. The average molecular weight is 366 g/mol. The molecule has 1 saturated carbocycles. The molecule has 3 rings (SSSR count). The molecule has 0 amide bonds. The number of aliphatic hydroxyl groups excluding tert-OH is 1. The predicted molar refractivity (Wildman–Crippen MR) is 105 cm³/mol. The number of allylic oxidation sites excluding steroid dienone is 1. The molecule has 1 unspecified atom stereocenters. The first kappa shape index (κ1) is 18.9. The highest BCUT2D eigenvalue weighted by atomic mass is 16.5. The lowest BCUT2D eigenvalue weighted by Gasteiger charge is -2.15. The van der Waals surface area contributed by atoms with E-state index in [0.717, 1.165) is 24.0 Å². The van der Waals surface area contributed by atoms with Crippen molar-refractivity contribution in [2.75, 3.05) is 0 Å². The van der Waals surface area contributed by atoms with Crippen LogP contribution in [0.5, 0.6) is 0 Å². The SMILES string of the molecule is N/C(=C\C(OCc1ccccc1)=C(/N)OCc1ccccc1)C(O)C1CC1. The van der Waals surface area contributed by atoms with Gasteiger partial charge in [0.2, 0.25) is 5.88 Å². The monoisotopic (exact) mass is 366 g/mol. The van der Waals surface area contributed by atoms with E-state index in [4.69, 9.17) is 20.9 Å². The maximum Gasteiger partial charge on any atom is 0.228 e. The van der Waals surface area contributed by atoms with E-state index in [2.05, 4.69) is 0 Å². The van der Waals surface area contributed by atoms with Crippen LogP contribution in [-0.4, -0.2) is 11.2 Å². The standard InChI is InChI=1S/C22H26N2O3/c23-19(21(25)18-11-12-18)13-20(26-14-16-7-3-1-4-8-16)22(24)27-15-17-9-5-2-6-10-17/h1-10,13,18,21,25H,11-12,14-15,23-24H2/b19-13-,22-20-. The molecule has 2 aromatic rings. The van der Waals surface area contributed by atoms with Gasteiger partial charge in [0, 0.05) is 11.8 Å². The van der Waals surface area contributed by atoms with E-state index in [1.165, 1.54) is 0 Å². The van der Waals surface area contributed by atoms with Crippen LogP contribution in [0.15, 0.2) is 84.1 Å². The molecule has 1 aliphatic rings. The van der Waals surface area contributed by atoms with Crippen LogP contribution in [0.3, 0.4) is 0 Å². The minimum atomic E-state index is -0.678. The third kappa shape index (κ3) is 5.79. The second-order valence-electron chi connectivity index (χ2n) is 6.70. The van der Waals surface area contributed by atoms with Gasteiger partial charge in [0.1, 0.15) is 13.2 Å². The minimum Gasteiger partial charge on any atom is -0.483 e. The van der Waals surface area contributed by atoms with Crippen molar-refractivity contribution in [1.29, 1.82) is 0 Å². The maximum absolute atomic E-state index is 10.2. The van der Waals surface area contributed by atoms with Crippen molar-refractivity contribution in [2.24, 2.45) is 17.4 Å². The van der Waals surface area contributed by atoms with Crippen LogP contribution in [-0.2, 0) is 22.7 Å². The van der Waals surface area contributed by atoms with Gasteiger partial charge in [0.05, 0.1) is 6.10 Å². The van der Waals surface area contributed by atoms with E-state index in [1.807, 2.05) is 60.7 Å². The molecular weight excluding hydrogens is 340 g/mol. The third-order valence-electron chi connectivity index (χ3n) is 4.42. The van der Waals surface area contributed by atoms with E-state index >= 15 is 0 Å². The smallest absolute Gasteiger partial charge is 0.228 e. The van der Waals surface area contributed by atoms with Gasteiger partial charge in [-0.3, -0.25) is 0 Å². The Hall–Kier alpha value is -2.92. The van der Waals surface area contributed by atoms with Crippen LogP contribution >= 0.6 is 0 Å². The fourth-order valence-electron chi connectivity index (χ4n) is 2.65. The van der Waals surface area contributed by atoms with Crippen molar-refractivity contribution in [3.8, 4) is 0 Å². The summed E-state index contributed by atoms with van der Waals surface area (Å²) < 4.78 is 11.5. The minimum absolute atomic E-state index is 0.140. The van der Waals surface area contributed by atoms with E-state index < -0.39 is 6.10 Å². The molecule has 1 atom stereocenters. The Balaban J connectivity index is 1.73. The molecule has 1 aliphatic carbocycles. The van der Waals surface area contributed by atoms with Crippen LogP contribution in [0.1, 0.15) is 24.0 Å². The first-order valence-corrected chi connectivity index (χ1v) is 9.12. The Morgan fingerprint density at radius 2 is 1.44 bits per heavy atom. The summed E-state index contributed by atoms with van der Waals surface area (Å²) in [5, 5.41) is 10.2. The van der Waals surface area contributed by atoms with Gasteiger partial charge in [0.25, 0.3) is 0 Å². The van der Waals surface area contributed by atoms with Crippen molar-refractivity contribution in [3.63, 3.8) is 0 Å². The van der Waals surface area contributed by atoms with Gasteiger partial charge in [0.15, 0.2) is 5.76 Å². The fraction of sp³-hybridized carbons (Fsp3) is 0.273. The predicted octanol–water partition coefficient (Wildman–Crippen LogP) is 3.16. The van der Waals surface area contributed by atoms with Crippen molar-refractivity contribution in [1.82, 2.24) is 0 Å². The molecule has 0 saturated heterocycles. The van der Waals surface area contributed by atoms with E-state index in [-0.39, 0.29) is 11.8 Å². The third-order valence-corrected chi connectivity index (χ3v) is 4.42. The Morgan fingerprint density at radius 1 is 0.926 bits per heavy atom. The van der Waals surface area contributed by atoms with Gasteiger partial charge in [-0.2, -0.15) is 0 Å². The lowest BCUT2D eigenvalue weighted by Crippen LogP contribution is -2.20. The second-order valence-corrected chi connectivity index (χ2v) is 6.70. The summed E-state index contributed by atoms with van der Waals surface area (Å²) >= 11 is 0. The Morgan fingerprint density at radius 3 is 1.96 bits per heavy atom. The van der Waals surface area contributed by atoms with E-state index in [9.17, 15) is 5.11 Å². The molecule has 0 radical (unpaired) electrons. The molecule has 0 aromatic heterocycles. The summed E-state index contributed by atoms with van der Waals surface area (Å²) in [6.45, 7) is 0.651. The Kier molecular flexibility index (Phi) is 6.39. The molecule has 5 nitrogen and oxygen atoms in total. The van der Waals surface area contributed by atoms with Crippen LogP contribution in [0.4, 0.5) is 0 Å². The highest BCUT2D eigenvalue weighted by Crippen LogP contribution is 2.34. The number of rotatable bonds is 9. The molecule has 142 valence electrons. The summed E-state index contributed by atoms with van der Waals surface area (Å²) in [5.74, 6) is 0.691. The molecule has 5 heteroatoms. The van der Waals surface area contributed by atoms with Gasteiger partial charge in [-0.25, -0.2) is 0 Å². The summed E-state index contributed by atoms with van der Waals surface area (Å²) in [6, 6.07) is 19.5. The molecule has 0 bridgehead atoms. The van der Waals surface area contributed by atoms with Crippen LogP contribution in [0.25, 0.3) is 0 Å². The lowest BCUT2D eigenvalue weighted by atomic mass is 10.1. The Labute approximate surface area is 159 Å². The van der Waals surface area contributed by atoms with E-state index in [0.29, 0.717) is 24.7 Å². The van der Waals surface area contributed by atoms with Crippen LogP contribution in [0.2, 0.25) is 0 Å². The number of ether oxygens (including phenoxy) is 2. The van der Waals surface area contributed by atoms with Gasteiger partial charge < -0.3 is 26.0 Å². The zero-order chi connectivity index (χ0) is 19.1. The number of hydrogen-bond acceptors (Lipinski definition) is 5. The first-order chi connectivity index (χ1) is 13.1. The first-order valence-electron chi connectivity index (χ1n) is 9.12. The normalized spacial score (nSPS) is 16.4. The fourth-order valence-corrected chi connectivity index (χ4v) is 2.65. The van der Waals surface area contributed by atoms with Crippen molar-refractivity contribution in [2.45, 2.75) is 32.2 Å². The van der Waals surface area contributed by atoms with E-state index in [1.54, 1.807) is 6.08 Å². The highest BCUT2D eigenvalue weighted by molar-refractivity contribution is 5.24. The average Bonchev–Trinajstić information content (AvgIpc) is 3.55. The highest BCUT2D eigenvalue weighted by Gasteiger charge is 2.31. The van der Waals surface area contributed by atoms with Crippen molar-refractivity contribution in [3.05, 3.63) is 95.2 Å². The zero-order valence-electron chi connectivity index (χ0n) is 15.3. The summed E-state index contributed by atoms with van der Waals surface area (Å²) in [6.07, 6.45) is 2.87. The Bertz CT molecular complexity index is 784. The van der Waals surface area contributed by atoms with Gasteiger partial charge in [-0.05, 0) is 29.9 Å². The van der Waals surface area contributed by atoms with Crippen LogP contribution < -0.4 is 11.5 Å². The molecule has 2 aromatic carbocycles. The van der Waals surface area contributed by atoms with Crippen molar-refractivity contribution < 1.29 is 14.6 Å². The lowest BCUT2D eigenvalue weighted by molar-refractivity contribution is 0.142. The number of nitrogens with two attached hydrogens (primary N) is 2. The largest absolute Gasteiger partial charge is 0.483 e. The second kappa shape index (κ2) is 9.14. The molecule has 0 spiro atoms. The molecule has 0 aliphatic heterocycles. The zero-order valence-corrected chi connectivity index (χ0v) is 15.3. The van der Waals surface area contributed by atoms with Gasteiger partial charge >= 0.3 is 0 Å². The van der Waals surface area contributed by atoms with Crippen molar-refractivity contribution >= 4 is 0 Å². The molecule has 5 N–H and O–H groups in total. The summed E-state index contributed by atoms with van der Waals surface area (Å²) in [5.41, 5.74) is 14.5. The topological polar surface area (TPSA) is 90.7 Å². The number of benzene rings is 2. The molecule has 0 heterocycles. The van der Waals surface area contributed by atoms with Crippen LogP contribution in [0, 0.1) is 5.92 Å². The molecule has 27 heavy (non-hydrogen) atoms. The summed E-state index contributed by atoms with van der Waals surface area (Å²) in [4.78, 5) is 0. The maximum atomic E-state index is 10.2. The number of aliphatic hydroxyl groups is 1. The quantitative estimate of drug-likeness (QED) is 0.468. The van der Waals surface area contributed by atoms with Gasteiger partial charge in [-0.1, -0.05) is 60.7 Å². The summed E-state index contributed by atoms with van der Waals surface area (Å²) in [7, 11) is 0. The molecular formula is C22H26N2O3. The van der Waals surface area contributed by atoms with Gasteiger partial charge in [-0.15, -0.1) is 0 Å². The number of hydrogen-bond donors (Lipinski definition) is 3.